The topological polar surface area (TPSA) is 62.4 Å². The van der Waals surface area contributed by atoms with E-state index in [4.69, 9.17) is 5.84 Å². The van der Waals surface area contributed by atoms with E-state index in [0.29, 0.717) is 18.5 Å². The fourth-order valence-corrected chi connectivity index (χ4v) is 2.10. The van der Waals surface area contributed by atoms with E-state index < -0.39 is 0 Å². The van der Waals surface area contributed by atoms with E-state index >= 15 is 0 Å². The van der Waals surface area contributed by atoms with Gasteiger partial charge in [0.2, 0.25) is 5.96 Å². The summed E-state index contributed by atoms with van der Waals surface area (Å²) in [5.74, 6) is 6.09. The van der Waals surface area contributed by atoms with E-state index in [-0.39, 0.29) is 0 Å². The lowest BCUT2D eigenvalue weighted by atomic mass is 10.3. The lowest BCUT2D eigenvalue weighted by Crippen LogP contribution is -2.42. The zero-order valence-electron chi connectivity index (χ0n) is 8.79. The van der Waals surface area contributed by atoms with Gasteiger partial charge in [0.15, 0.2) is 0 Å². The molecule has 4 N–H and O–H groups in total. The molecule has 0 aliphatic heterocycles. The molecule has 1 aliphatic carbocycles. The molecule has 5 heteroatoms. The molecule has 1 aromatic heterocycles. The van der Waals surface area contributed by atoms with Gasteiger partial charge in [0.25, 0.3) is 0 Å². The zero-order valence-corrected chi connectivity index (χ0v) is 9.60. The lowest BCUT2D eigenvalue weighted by molar-refractivity contribution is 0.822. The summed E-state index contributed by atoms with van der Waals surface area (Å²) in [5.41, 5.74) is 3.90. The summed E-state index contributed by atoms with van der Waals surface area (Å²) in [4.78, 5) is 5.70. The van der Waals surface area contributed by atoms with Gasteiger partial charge in [0.1, 0.15) is 0 Å². The van der Waals surface area contributed by atoms with Crippen LogP contribution in [0.5, 0.6) is 0 Å². The third-order valence-corrected chi connectivity index (χ3v) is 3.41. The van der Waals surface area contributed by atoms with Crippen molar-refractivity contribution in [2.75, 3.05) is 0 Å². The molecular formula is C10H16N4S. The molecule has 1 saturated carbocycles. The normalized spacial score (nSPS) is 16.5. The van der Waals surface area contributed by atoms with Crippen molar-refractivity contribution < 1.29 is 0 Å². The second-order valence-electron chi connectivity index (χ2n) is 3.75. The molecule has 0 unspecified atom stereocenters. The fourth-order valence-electron chi connectivity index (χ4n) is 1.27. The van der Waals surface area contributed by atoms with Gasteiger partial charge in [-0.3, -0.25) is 5.43 Å². The van der Waals surface area contributed by atoms with Crippen LogP contribution in [0, 0.1) is 6.92 Å². The number of hydrogen-bond donors (Lipinski definition) is 3. The van der Waals surface area contributed by atoms with Gasteiger partial charge in [-0.2, -0.15) is 0 Å². The highest BCUT2D eigenvalue weighted by Gasteiger charge is 2.21. The predicted molar refractivity (Wildman–Crippen MR) is 63.7 cm³/mol. The summed E-state index contributed by atoms with van der Waals surface area (Å²) in [7, 11) is 0. The number of thiophene rings is 1. The molecule has 0 atom stereocenters. The number of nitrogens with two attached hydrogens (primary N) is 1. The van der Waals surface area contributed by atoms with Crippen LogP contribution in [0.2, 0.25) is 0 Å². The Kier molecular flexibility index (Phi) is 3.23. The van der Waals surface area contributed by atoms with Gasteiger partial charge in [-0.1, -0.05) is 0 Å². The van der Waals surface area contributed by atoms with E-state index in [2.05, 4.69) is 34.1 Å². The van der Waals surface area contributed by atoms with Gasteiger partial charge < -0.3 is 5.32 Å². The molecule has 2 rings (SSSR count). The van der Waals surface area contributed by atoms with Crippen molar-refractivity contribution in [3.63, 3.8) is 0 Å². The Morgan fingerprint density at radius 2 is 2.47 bits per heavy atom. The first-order valence-corrected chi connectivity index (χ1v) is 5.98. The molecule has 0 amide bonds. The number of hydrogen-bond acceptors (Lipinski definition) is 3. The van der Waals surface area contributed by atoms with E-state index in [0.717, 1.165) is 0 Å². The number of hydrazine groups is 1. The van der Waals surface area contributed by atoms with Crippen LogP contribution in [-0.4, -0.2) is 12.0 Å². The quantitative estimate of drug-likeness (QED) is 0.312. The Bertz CT molecular complexity index is 354. The van der Waals surface area contributed by atoms with Crippen molar-refractivity contribution >= 4 is 17.3 Å². The van der Waals surface area contributed by atoms with Gasteiger partial charge >= 0.3 is 0 Å². The maximum Gasteiger partial charge on any atom is 0.206 e. The Balaban J connectivity index is 1.92. The first kappa shape index (κ1) is 10.4. The molecule has 0 radical (unpaired) electrons. The van der Waals surface area contributed by atoms with Crippen LogP contribution >= 0.6 is 11.3 Å². The molecule has 1 heterocycles. The molecule has 15 heavy (non-hydrogen) atoms. The Labute approximate surface area is 93.6 Å². The number of nitrogens with one attached hydrogen (secondary N) is 2. The summed E-state index contributed by atoms with van der Waals surface area (Å²) in [6.07, 6.45) is 2.44. The standard InChI is InChI=1S/C10H16N4S/c1-7-4-5-15-9(7)6-12-10(14-11)13-8-2-3-8/h4-5,8H,2-3,6,11H2,1H3,(H2,12,13,14). The molecule has 0 saturated heterocycles. The van der Waals surface area contributed by atoms with Crippen LogP contribution in [0.4, 0.5) is 0 Å². The second-order valence-corrected chi connectivity index (χ2v) is 4.76. The van der Waals surface area contributed by atoms with Crippen molar-refractivity contribution in [3.05, 3.63) is 21.9 Å². The maximum atomic E-state index is 5.39. The molecule has 1 aliphatic rings. The number of aryl methyl sites for hydroxylation is 1. The molecule has 1 fully saturated rings. The highest BCUT2D eigenvalue weighted by molar-refractivity contribution is 7.10. The average Bonchev–Trinajstić information content (AvgIpc) is 2.96. The van der Waals surface area contributed by atoms with Crippen LogP contribution in [0.3, 0.4) is 0 Å². The van der Waals surface area contributed by atoms with Gasteiger partial charge in [-0.25, -0.2) is 10.8 Å². The van der Waals surface area contributed by atoms with Gasteiger partial charge in [0.05, 0.1) is 6.54 Å². The largest absolute Gasteiger partial charge is 0.353 e. The first-order valence-electron chi connectivity index (χ1n) is 5.10. The van der Waals surface area contributed by atoms with Crippen LogP contribution in [-0.2, 0) is 6.54 Å². The van der Waals surface area contributed by atoms with E-state index in [1.165, 1.54) is 23.3 Å². The maximum absolute atomic E-state index is 5.39. The SMILES string of the molecule is Cc1ccsc1CN=C(NN)NC1CC1. The first-order chi connectivity index (χ1) is 7.29. The predicted octanol–water partition coefficient (Wildman–Crippen LogP) is 1.13. The summed E-state index contributed by atoms with van der Waals surface area (Å²) < 4.78 is 0. The van der Waals surface area contributed by atoms with Crippen LogP contribution in [0.15, 0.2) is 16.4 Å². The van der Waals surface area contributed by atoms with E-state index in [1.54, 1.807) is 11.3 Å². The van der Waals surface area contributed by atoms with Crippen molar-refractivity contribution in [2.24, 2.45) is 10.8 Å². The Hall–Kier alpha value is -1.07. The Morgan fingerprint density at radius 3 is 3.00 bits per heavy atom. The minimum absolute atomic E-state index is 0.573. The summed E-state index contributed by atoms with van der Waals surface area (Å²) in [6.45, 7) is 2.80. The van der Waals surface area contributed by atoms with Crippen molar-refractivity contribution in [1.82, 2.24) is 10.7 Å². The monoisotopic (exact) mass is 224 g/mol. The Morgan fingerprint density at radius 1 is 1.67 bits per heavy atom. The number of aliphatic imine (C=N–C) groups is 1. The number of guanidine groups is 1. The molecule has 4 nitrogen and oxygen atoms in total. The zero-order chi connectivity index (χ0) is 10.7. The van der Waals surface area contributed by atoms with Crippen LogP contribution in [0.1, 0.15) is 23.3 Å². The van der Waals surface area contributed by atoms with Crippen LogP contribution in [0.25, 0.3) is 0 Å². The summed E-state index contributed by atoms with van der Waals surface area (Å²) >= 11 is 1.73. The molecule has 0 bridgehead atoms. The minimum atomic E-state index is 0.573. The summed E-state index contributed by atoms with van der Waals surface area (Å²) in [5, 5.41) is 5.33. The third-order valence-electron chi connectivity index (χ3n) is 2.40. The van der Waals surface area contributed by atoms with Gasteiger partial charge in [-0.05, 0) is 36.8 Å². The van der Waals surface area contributed by atoms with E-state index in [1.807, 2.05) is 0 Å². The van der Waals surface area contributed by atoms with Gasteiger partial charge in [0, 0.05) is 10.9 Å². The van der Waals surface area contributed by atoms with Gasteiger partial charge in [-0.15, -0.1) is 11.3 Å². The molecule has 82 valence electrons. The second kappa shape index (κ2) is 4.63. The number of nitrogens with zero attached hydrogens (tertiary/aromatic N) is 1. The molecule has 0 aromatic carbocycles. The summed E-state index contributed by atoms with van der Waals surface area (Å²) in [6, 6.07) is 2.68. The highest BCUT2D eigenvalue weighted by Crippen LogP contribution is 2.19. The average molecular weight is 224 g/mol. The fraction of sp³-hybridized carbons (Fsp3) is 0.500. The molecule has 0 spiro atoms. The van der Waals surface area contributed by atoms with Crippen molar-refractivity contribution in [3.8, 4) is 0 Å². The molecular weight excluding hydrogens is 208 g/mol. The lowest BCUT2D eigenvalue weighted by Gasteiger charge is -2.07. The van der Waals surface area contributed by atoms with E-state index in [9.17, 15) is 0 Å². The van der Waals surface area contributed by atoms with Crippen molar-refractivity contribution in [1.29, 1.82) is 0 Å². The minimum Gasteiger partial charge on any atom is -0.353 e. The molecule has 1 aromatic rings. The van der Waals surface area contributed by atoms with Crippen molar-refractivity contribution in [2.45, 2.75) is 32.4 Å². The third kappa shape index (κ3) is 2.94. The highest BCUT2D eigenvalue weighted by atomic mass is 32.1. The smallest absolute Gasteiger partial charge is 0.206 e. The number of rotatable bonds is 3. The van der Waals surface area contributed by atoms with Crippen LogP contribution < -0.4 is 16.6 Å².